The average molecular weight is 297 g/mol. The maximum Gasteiger partial charge on any atom is 0.196 e. The lowest BCUT2D eigenvalue weighted by Crippen LogP contribution is -2.13. The van der Waals surface area contributed by atoms with Gasteiger partial charge in [-0.1, -0.05) is 12.1 Å². The van der Waals surface area contributed by atoms with Crippen LogP contribution in [0, 0.1) is 17.5 Å². The lowest BCUT2D eigenvalue weighted by molar-refractivity contribution is 0.191. The Hall–Kier alpha value is -2.21. The van der Waals surface area contributed by atoms with Crippen LogP contribution in [-0.4, -0.2) is 18.8 Å². The number of rotatable bonds is 5. The number of aliphatic hydroxyl groups excluding tert-OH is 1. The molecule has 0 saturated heterocycles. The van der Waals surface area contributed by atoms with Gasteiger partial charge in [-0.25, -0.2) is 13.2 Å². The number of ether oxygens (including phenoxy) is 1. The molecule has 0 aliphatic rings. The van der Waals surface area contributed by atoms with Crippen molar-refractivity contribution >= 4 is 5.69 Å². The molecule has 2 N–H and O–H groups in total. The van der Waals surface area contributed by atoms with Gasteiger partial charge in [0, 0.05) is 6.54 Å². The molecule has 0 spiro atoms. The fraction of sp³-hybridized carbons (Fsp3) is 0.200. The molecular weight excluding hydrogens is 283 g/mol. The summed E-state index contributed by atoms with van der Waals surface area (Å²) in [5, 5.41) is 12.5. The summed E-state index contributed by atoms with van der Waals surface area (Å²) in [6.45, 7) is -0.0473. The molecule has 1 unspecified atom stereocenters. The Morgan fingerprint density at radius 2 is 1.71 bits per heavy atom. The second-order valence-electron chi connectivity index (χ2n) is 4.39. The Bertz CT molecular complexity index is 617. The minimum absolute atomic E-state index is 0.0473. The van der Waals surface area contributed by atoms with Crippen molar-refractivity contribution in [2.75, 3.05) is 19.0 Å². The molecule has 0 saturated carbocycles. The van der Waals surface area contributed by atoms with Crippen molar-refractivity contribution in [2.45, 2.75) is 6.10 Å². The van der Waals surface area contributed by atoms with Gasteiger partial charge in [0.25, 0.3) is 0 Å². The summed E-state index contributed by atoms with van der Waals surface area (Å²) < 4.78 is 44.3. The van der Waals surface area contributed by atoms with Gasteiger partial charge in [-0.3, -0.25) is 0 Å². The van der Waals surface area contributed by atoms with E-state index in [9.17, 15) is 18.3 Å². The zero-order valence-corrected chi connectivity index (χ0v) is 11.2. The molecule has 0 aromatic heterocycles. The number of nitrogens with one attached hydrogen (secondary N) is 1. The van der Waals surface area contributed by atoms with E-state index in [0.717, 1.165) is 12.1 Å². The molecule has 0 heterocycles. The van der Waals surface area contributed by atoms with E-state index in [1.54, 1.807) is 24.3 Å². The van der Waals surface area contributed by atoms with Crippen LogP contribution in [0.4, 0.5) is 18.9 Å². The van der Waals surface area contributed by atoms with Crippen molar-refractivity contribution in [3.05, 3.63) is 59.4 Å². The lowest BCUT2D eigenvalue weighted by atomic mass is 10.1. The highest BCUT2D eigenvalue weighted by Crippen LogP contribution is 2.22. The van der Waals surface area contributed by atoms with Crippen LogP contribution in [0.3, 0.4) is 0 Å². The first-order valence-electron chi connectivity index (χ1n) is 6.22. The molecule has 112 valence electrons. The number of hydrogen-bond acceptors (Lipinski definition) is 3. The molecule has 0 amide bonds. The molecule has 0 bridgehead atoms. The average Bonchev–Trinajstić information content (AvgIpc) is 2.52. The van der Waals surface area contributed by atoms with E-state index < -0.39 is 23.6 Å². The van der Waals surface area contributed by atoms with E-state index in [-0.39, 0.29) is 12.2 Å². The second kappa shape index (κ2) is 6.49. The van der Waals surface area contributed by atoms with E-state index >= 15 is 0 Å². The fourth-order valence-electron chi connectivity index (χ4n) is 1.81. The van der Waals surface area contributed by atoms with E-state index in [1.165, 1.54) is 7.11 Å². The summed E-state index contributed by atoms with van der Waals surface area (Å²) in [5.41, 5.74) is 0.382. The van der Waals surface area contributed by atoms with Crippen LogP contribution >= 0.6 is 0 Å². The first-order valence-corrected chi connectivity index (χ1v) is 6.22. The Balaban J connectivity index is 2.03. The van der Waals surface area contributed by atoms with Gasteiger partial charge in [-0.15, -0.1) is 0 Å². The maximum atomic E-state index is 13.4. The monoisotopic (exact) mass is 297 g/mol. The molecule has 0 aliphatic carbocycles. The summed E-state index contributed by atoms with van der Waals surface area (Å²) in [7, 11) is 1.53. The molecule has 2 aromatic carbocycles. The quantitative estimate of drug-likeness (QED) is 0.832. The Labute approximate surface area is 120 Å². The van der Waals surface area contributed by atoms with E-state index in [4.69, 9.17) is 4.74 Å². The zero-order valence-electron chi connectivity index (χ0n) is 11.2. The highest BCUT2D eigenvalue weighted by Gasteiger charge is 2.14. The summed E-state index contributed by atoms with van der Waals surface area (Å²) >= 11 is 0. The Kier molecular flexibility index (Phi) is 4.70. The molecule has 6 heteroatoms. The van der Waals surface area contributed by atoms with Crippen LogP contribution in [0.15, 0.2) is 36.4 Å². The van der Waals surface area contributed by atoms with Gasteiger partial charge >= 0.3 is 0 Å². The molecule has 0 radical (unpaired) electrons. The molecular formula is C15H14F3NO2. The van der Waals surface area contributed by atoms with Gasteiger partial charge in [-0.2, -0.15) is 0 Å². The number of methoxy groups -OCH3 is 1. The minimum atomic E-state index is -1.54. The Morgan fingerprint density at radius 3 is 2.33 bits per heavy atom. The van der Waals surface area contributed by atoms with Crippen molar-refractivity contribution < 1.29 is 23.0 Å². The lowest BCUT2D eigenvalue weighted by Gasteiger charge is -2.14. The molecule has 0 fully saturated rings. The van der Waals surface area contributed by atoms with Crippen molar-refractivity contribution in [3.8, 4) is 5.75 Å². The van der Waals surface area contributed by atoms with Crippen LogP contribution in [0.2, 0.25) is 0 Å². The molecule has 2 rings (SSSR count). The smallest absolute Gasteiger partial charge is 0.196 e. The molecule has 1 atom stereocenters. The third-order valence-corrected chi connectivity index (χ3v) is 3.02. The largest absolute Gasteiger partial charge is 0.497 e. The number of aliphatic hydroxyl groups is 1. The normalized spacial score (nSPS) is 12.0. The van der Waals surface area contributed by atoms with Crippen LogP contribution < -0.4 is 10.1 Å². The van der Waals surface area contributed by atoms with Crippen LogP contribution in [-0.2, 0) is 0 Å². The highest BCUT2D eigenvalue weighted by atomic mass is 19.2. The topological polar surface area (TPSA) is 41.5 Å². The van der Waals surface area contributed by atoms with E-state index in [1.807, 2.05) is 0 Å². The molecule has 21 heavy (non-hydrogen) atoms. The summed E-state index contributed by atoms with van der Waals surface area (Å²) in [4.78, 5) is 0. The SMILES string of the molecule is COc1ccc(C(O)CNc2ccc(F)c(F)c2F)cc1. The van der Waals surface area contributed by atoms with Gasteiger partial charge in [-0.05, 0) is 29.8 Å². The van der Waals surface area contributed by atoms with Gasteiger partial charge in [0.05, 0.1) is 18.9 Å². The van der Waals surface area contributed by atoms with Crippen molar-refractivity contribution in [2.24, 2.45) is 0 Å². The maximum absolute atomic E-state index is 13.4. The van der Waals surface area contributed by atoms with E-state index in [0.29, 0.717) is 11.3 Å². The van der Waals surface area contributed by atoms with E-state index in [2.05, 4.69) is 5.32 Å². The van der Waals surface area contributed by atoms with Gasteiger partial charge in [0.15, 0.2) is 17.5 Å². The van der Waals surface area contributed by atoms with Gasteiger partial charge < -0.3 is 15.2 Å². The van der Waals surface area contributed by atoms with Crippen LogP contribution in [0.25, 0.3) is 0 Å². The number of anilines is 1. The Morgan fingerprint density at radius 1 is 1.05 bits per heavy atom. The first-order chi connectivity index (χ1) is 10.0. The number of hydrogen-bond donors (Lipinski definition) is 2. The highest BCUT2D eigenvalue weighted by molar-refractivity contribution is 5.45. The standard InChI is InChI=1S/C15H14F3NO2/c1-21-10-4-2-9(3-5-10)13(20)8-19-12-7-6-11(16)14(17)15(12)18/h2-7,13,19-20H,8H2,1H3. The number of benzene rings is 2. The fourth-order valence-corrected chi connectivity index (χ4v) is 1.81. The molecule has 3 nitrogen and oxygen atoms in total. The van der Waals surface area contributed by atoms with Crippen LogP contribution in [0.5, 0.6) is 5.75 Å². The van der Waals surface area contributed by atoms with Crippen molar-refractivity contribution in [1.82, 2.24) is 0 Å². The third-order valence-electron chi connectivity index (χ3n) is 3.02. The molecule has 2 aromatic rings. The van der Waals surface area contributed by atoms with Gasteiger partial charge in [0.1, 0.15) is 5.75 Å². The summed E-state index contributed by atoms with van der Waals surface area (Å²) in [6, 6.07) is 8.57. The van der Waals surface area contributed by atoms with Crippen LogP contribution in [0.1, 0.15) is 11.7 Å². The number of halogens is 3. The first kappa shape index (κ1) is 15.2. The minimum Gasteiger partial charge on any atom is -0.497 e. The van der Waals surface area contributed by atoms with Gasteiger partial charge in [0.2, 0.25) is 0 Å². The zero-order chi connectivity index (χ0) is 15.4. The summed E-state index contributed by atoms with van der Waals surface area (Å²) in [6.07, 6.45) is -0.927. The van der Waals surface area contributed by atoms with Crippen molar-refractivity contribution in [1.29, 1.82) is 0 Å². The molecule has 0 aliphatic heterocycles. The predicted molar refractivity (Wildman–Crippen MR) is 72.8 cm³/mol. The second-order valence-corrected chi connectivity index (χ2v) is 4.39. The summed E-state index contributed by atoms with van der Waals surface area (Å²) in [5.74, 6) is -3.46. The third kappa shape index (κ3) is 3.46. The van der Waals surface area contributed by atoms with Crippen molar-refractivity contribution in [3.63, 3.8) is 0 Å². The predicted octanol–water partition coefficient (Wildman–Crippen LogP) is 3.26.